The molecular weight excluding hydrogens is 208 g/mol. The van der Waals surface area contributed by atoms with Gasteiger partial charge < -0.3 is 4.98 Å². The molecule has 0 saturated carbocycles. The van der Waals surface area contributed by atoms with Crippen molar-refractivity contribution in [1.82, 2.24) is 9.97 Å². The number of nitrogens with zero attached hydrogens (tertiary/aromatic N) is 1. The van der Waals surface area contributed by atoms with E-state index in [1.807, 2.05) is 6.20 Å². The molecule has 0 unspecified atom stereocenters. The van der Waals surface area contributed by atoms with E-state index in [1.54, 1.807) is 0 Å². The molecule has 2 heteroatoms. The molecule has 2 nitrogen and oxygen atoms in total. The van der Waals surface area contributed by atoms with E-state index < -0.39 is 0 Å². The molecule has 0 spiro atoms. The van der Waals surface area contributed by atoms with Gasteiger partial charge in [-0.2, -0.15) is 0 Å². The van der Waals surface area contributed by atoms with Crippen LogP contribution in [0.15, 0.2) is 24.4 Å². The van der Waals surface area contributed by atoms with Crippen molar-refractivity contribution in [3.05, 3.63) is 52.6 Å². The van der Waals surface area contributed by atoms with Crippen LogP contribution in [0.4, 0.5) is 0 Å². The highest BCUT2D eigenvalue weighted by Crippen LogP contribution is 2.15. The van der Waals surface area contributed by atoms with Crippen molar-refractivity contribution in [2.24, 2.45) is 0 Å². The van der Waals surface area contributed by atoms with Gasteiger partial charge in [-0.05, 0) is 43.4 Å². The number of hydrogen-bond donors (Lipinski definition) is 1. The highest BCUT2D eigenvalue weighted by Gasteiger charge is 2.04. The Morgan fingerprint density at radius 2 is 1.82 bits per heavy atom. The second-order valence-electron chi connectivity index (χ2n) is 4.58. The Balaban J connectivity index is 2.07. The van der Waals surface area contributed by atoms with Crippen molar-refractivity contribution in [2.45, 2.75) is 40.0 Å². The molecule has 0 aliphatic rings. The van der Waals surface area contributed by atoms with Crippen molar-refractivity contribution in [2.75, 3.05) is 0 Å². The van der Waals surface area contributed by atoms with E-state index in [2.05, 4.69) is 48.9 Å². The van der Waals surface area contributed by atoms with Gasteiger partial charge in [0.25, 0.3) is 0 Å². The Bertz CT molecular complexity index is 477. The molecule has 0 aliphatic heterocycles. The molecule has 90 valence electrons. The number of rotatable bonds is 4. The van der Waals surface area contributed by atoms with Crippen LogP contribution in [0.25, 0.3) is 0 Å². The van der Waals surface area contributed by atoms with Crippen molar-refractivity contribution in [1.29, 1.82) is 0 Å². The first-order valence-electron chi connectivity index (χ1n) is 6.28. The topological polar surface area (TPSA) is 28.7 Å². The number of aryl methyl sites for hydroxylation is 4. The standard InChI is InChI=1S/C15H20N2/c1-4-13-10-16-15(17-13)9-8-14-11(2)6-5-7-12(14)3/h5-7,10H,4,8-9H2,1-3H3,(H,16,17). The number of H-pyrrole nitrogens is 1. The van der Waals surface area contributed by atoms with Gasteiger partial charge in [-0.15, -0.1) is 0 Å². The molecule has 0 atom stereocenters. The summed E-state index contributed by atoms with van der Waals surface area (Å²) in [6.45, 7) is 6.51. The van der Waals surface area contributed by atoms with Gasteiger partial charge in [-0.1, -0.05) is 25.1 Å². The molecule has 1 heterocycles. The maximum atomic E-state index is 4.41. The van der Waals surface area contributed by atoms with Gasteiger partial charge in [0.05, 0.1) is 0 Å². The van der Waals surface area contributed by atoms with Crippen LogP contribution in [0, 0.1) is 13.8 Å². The van der Waals surface area contributed by atoms with Crippen LogP contribution >= 0.6 is 0 Å². The molecule has 0 radical (unpaired) electrons. The fraction of sp³-hybridized carbons (Fsp3) is 0.400. The summed E-state index contributed by atoms with van der Waals surface area (Å²) in [4.78, 5) is 7.77. The minimum Gasteiger partial charge on any atom is -0.346 e. The minimum atomic E-state index is 0.992. The molecule has 0 bridgehead atoms. The summed E-state index contributed by atoms with van der Waals surface area (Å²) >= 11 is 0. The summed E-state index contributed by atoms with van der Waals surface area (Å²) in [7, 11) is 0. The lowest BCUT2D eigenvalue weighted by molar-refractivity contribution is 0.864. The van der Waals surface area contributed by atoms with Crippen LogP contribution in [-0.4, -0.2) is 9.97 Å². The lowest BCUT2D eigenvalue weighted by atomic mass is 9.99. The fourth-order valence-electron chi connectivity index (χ4n) is 2.20. The summed E-state index contributed by atoms with van der Waals surface area (Å²) in [6.07, 6.45) is 5.03. The Morgan fingerprint density at radius 3 is 2.41 bits per heavy atom. The van der Waals surface area contributed by atoms with Crippen LogP contribution in [0.5, 0.6) is 0 Å². The minimum absolute atomic E-state index is 0.992. The van der Waals surface area contributed by atoms with Crippen molar-refractivity contribution in [3.8, 4) is 0 Å². The maximum absolute atomic E-state index is 4.41. The van der Waals surface area contributed by atoms with Gasteiger partial charge in [0.15, 0.2) is 0 Å². The van der Waals surface area contributed by atoms with Crippen LogP contribution in [0.2, 0.25) is 0 Å². The predicted octanol–water partition coefficient (Wildman–Crippen LogP) is 3.37. The maximum Gasteiger partial charge on any atom is 0.106 e. The zero-order valence-corrected chi connectivity index (χ0v) is 10.9. The molecule has 0 amide bonds. The number of hydrogen-bond acceptors (Lipinski definition) is 1. The van der Waals surface area contributed by atoms with Crippen LogP contribution in [0.1, 0.15) is 35.1 Å². The second-order valence-corrected chi connectivity index (χ2v) is 4.58. The second kappa shape index (κ2) is 5.17. The molecule has 2 rings (SSSR count). The van der Waals surface area contributed by atoms with Gasteiger partial charge in [0.1, 0.15) is 5.82 Å². The number of imidazole rings is 1. The first kappa shape index (κ1) is 11.9. The van der Waals surface area contributed by atoms with E-state index >= 15 is 0 Å². The summed E-state index contributed by atoms with van der Waals surface area (Å²) in [5.74, 6) is 1.10. The molecule has 0 saturated heterocycles. The zero-order valence-electron chi connectivity index (χ0n) is 10.9. The normalized spacial score (nSPS) is 10.8. The predicted molar refractivity (Wildman–Crippen MR) is 71.3 cm³/mol. The SMILES string of the molecule is CCc1cnc(CCc2c(C)cccc2C)[nH]1. The Kier molecular flexibility index (Phi) is 3.62. The Morgan fingerprint density at radius 1 is 1.12 bits per heavy atom. The highest BCUT2D eigenvalue weighted by atomic mass is 14.9. The molecule has 1 N–H and O–H groups in total. The first-order valence-corrected chi connectivity index (χ1v) is 6.28. The largest absolute Gasteiger partial charge is 0.346 e. The summed E-state index contributed by atoms with van der Waals surface area (Å²) in [5.41, 5.74) is 5.45. The summed E-state index contributed by atoms with van der Waals surface area (Å²) in [5, 5.41) is 0. The molecule has 0 aliphatic carbocycles. The van der Waals surface area contributed by atoms with Crippen LogP contribution in [-0.2, 0) is 19.3 Å². The van der Waals surface area contributed by atoms with Crippen molar-refractivity contribution >= 4 is 0 Å². The lowest BCUT2D eigenvalue weighted by Gasteiger charge is -2.08. The number of aromatic nitrogens is 2. The molecule has 17 heavy (non-hydrogen) atoms. The number of aromatic amines is 1. The van der Waals surface area contributed by atoms with E-state index in [1.165, 1.54) is 22.4 Å². The van der Waals surface area contributed by atoms with Gasteiger partial charge in [-0.25, -0.2) is 4.98 Å². The third kappa shape index (κ3) is 2.76. The summed E-state index contributed by atoms with van der Waals surface area (Å²) in [6, 6.07) is 6.49. The van der Waals surface area contributed by atoms with E-state index in [0.29, 0.717) is 0 Å². The number of nitrogens with one attached hydrogen (secondary N) is 1. The van der Waals surface area contributed by atoms with Gasteiger partial charge in [-0.3, -0.25) is 0 Å². The van der Waals surface area contributed by atoms with E-state index in [4.69, 9.17) is 0 Å². The molecule has 2 aromatic rings. The molecule has 1 aromatic heterocycles. The smallest absolute Gasteiger partial charge is 0.106 e. The van der Waals surface area contributed by atoms with Crippen LogP contribution < -0.4 is 0 Å². The third-order valence-electron chi connectivity index (χ3n) is 3.32. The summed E-state index contributed by atoms with van der Waals surface area (Å²) < 4.78 is 0. The quantitative estimate of drug-likeness (QED) is 0.854. The number of benzene rings is 1. The third-order valence-corrected chi connectivity index (χ3v) is 3.32. The van der Waals surface area contributed by atoms with E-state index in [-0.39, 0.29) is 0 Å². The van der Waals surface area contributed by atoms with Gasteiger partial charge in [0, 0.05) is 18.3 Å². The molecule has 0 fully saturated rings. The first-order chi connectivity index (χ1) is 8.20. The lowest BCUT2D eigenvalue weighted by Crippen LogP contribution is -1.98. The van der Waals surface area contributed by atoms with E-state index in [9.17, 15) is 0 Å². The highest BCUT2D eigenvalue weighted by molar-refractivity contribution is 5.33. The molecular formula is C15H20N2. The van der Waals surface area contributed by atoms with Gasteiger partial charge in [0.2, 0.25) is 0 Å². The van der Waals surface area contributed by atoms with Crippen molar-refractivity contribution in [3.63, 3.8) is 0 Å². The zero-order chi connectivity index (χ0) is 12.3. The van der Waals surface area contributed by atoms with Gasteiger partial charge >= 0.3 is 0 Å². The Hall–Kier alpha value is -1.57. The average Bonchev–Trinajstić information content (AvgIpc) is 2.76. The molecule has 1 aromatic carbocycles. The van der Waals surface area contributed by atoms with Crippen molar-refractivity contribution < 1.29 is 0 Å². The monoisotopic (exact) mass is 228 g/mol. The fourth-order valence-corrected chi connectivity index (χ4v) is 2.20. The average molecular weight is 228 g/mol. The van der Waals surface area contributed by atoms with E-state index in [0.717, 1.165) is 25.1 Å². The van der Waals surface area contributed by atoms with Crippen LogP contribution in [0.3, 0.4) is 0 Å². The Labute approximate surface area is 103 Å².